The molecule has 0 radical (unpaired) electrons. The number of nitrogens with one attached hydrogen (secondary N) is 1. The molecule has 1 aromatic carbocycles. The molecule has 102 valence electrons. The molecule has 0 atom stereocenters. The van der Waals surface area contributed by atoms with Gasteiger partial charge in [0.05, 0.1) is 5.52 Å². The van der Waals surface area contributed by atoms with Crippen molar-refractivity contribution in [3.8, 4) is 0 Å². The van der Waals surface area contributed by atoms with Crippen LogP contribution >= 0.6 is 0 Å². The van der Waals surface area contributed by atoms with Crippen molar-refractivity contribution in [1.82, 2.24) is 10.1 Å². The van der Waals surface area contributed by atoms with Gasteiger partial charge in [0.1, 0.15) is 10.7 Å². The maximum atomic E-state index is 12.4. The predicted molar refractivity (Wildman–Crippen MR) is 73.8 cm³/mol. The molecule has 2 heterocycles. The molecule has 3 rings (SSSR count). The minimum Gasteiger partial charge on any atom is -0.360 e. The van der Waals surface area contributed by atoms with Gasteiger partial charge in [-0.2, -0.15) is 0 Å². The number of sulfonamides is 1. The highest BCUT2D eigenvalue weighted by molar-refractivity contribution is 7.93. The Bertz CT molecular complexity index is 866. The van der Waals surface area contributed by atoms with Gasteiger partial charge in [0, 0.05) is 17.6 Å². The van der Waals surface area contributed by atoms with E-state index in [0.717, 1.165) is 5.39 Å². The van der Waals surface area contributed by atoms with Gasteiger partial charge in [-0.05, 0) is 19.1 Å². The highest BCUT2D eigenvalue weighted by atomic mass is 32.2. The van der Waals surface area contributed by atoms with Crippen molar-refractivity contribution in [2.75, 3.05) is 4.72 Å². The minimum absolute atomic E-state index is 0.108. The summed E-state index contributed by atoms with van der Waals surface area (Å²) in [5, 5.41) is 4.38. The molecule has 0 aliphatic carbocycles. The van der Waals surface area contributed by atoms with E-state index < -0.39 is 10.0 Å². The SMILES string of the molecule is Cc1cc(NS(=O)(=O)c2cccc3cccnc23)no1. The molecule has 0 fully saturated rings. The molecule has 0 saturated heterocycles. The molecule has 0 saturated carbocycles. The first-order chi connectivity index (χ1) is 9.56. The van der Waals surface area contributed by atoms with E-state index in [-0.39, 0.29) is 10.7 Å². The van der Waals surface area contributed by atoms with Gasteiger partial charge < -0.3 is 4.52 Å². The lowest BCUT2D eigenvalue weighted by Crippen LogP contribution is -2.13. The van der Waals surface area contributed by atoms with Crippen LogP contribution in [0.4, 0.5) is 5.82 Å². The van der Waals surface area contributed by atoms with Gasteiger partial charge in [0.25, 0.3) is 10.0 Å². The van der Waals surface area contributed by atoms with Crippen molar-refractivity contribution in [1.29, 1.82) is 0 Å². The summed E-state index contributed by atoms with van der Waals surface area (Å²) in [6.07, 6.45) is 1.56. The summed E-state index contributed by atoms with van der Waals surface area (Å²) in [5.41, 5.74) is 0.419. The molecule has 0 amide bonds. The van der Waals surface area contributed by atoms with Crippen LogP contribution in [0.1, 0.15) is 5.76 Å². The van der Waals surface area contributed by atoms with E-state index >= 15 is 0 Å². The number of benzene rings is 1. The van der Waals surface area contributed by atoms with Crippen molar-refractivity contribution >= 4 is 26.7 Å². The molecule has 7 heteroatoms. The first-order valence-corrected chi connectivity index (χ1v) is 7.34. The molecule has 20 heavy (non-hydrogen) atoms. The van der Waals surface area contributed by atoms with Gasteiger partial charge in [-0.25, -0.2) is 8.42 Å². The second-order valence-corrected chi connectivity index (χ2v) is 5.91. The van der Waals surface area contributed by atoms with Crippen LogP contribution in [0.25, 0.3) is 10.9 Å². The zero-order valence-corrected chi connectivity index (χ0v) is 11.4. The number of para-hydroxylation sites is 1. The largest absolute Gasteiger partial charge is 0.360 e. The van der Waals surface area contributed by atoms with Crippen LogP contribution in [0.15, 0.2) is 52.0 Å². The molecule has 0 unspecified atom stereocenters. The van der Waals surface area contributed by atoms with Crippen molar-refractivity contribution < 1.29 is 12.9 Å². The summed E-state index contributed by atoms with van der Waals surface area (Å²) in [6.45, 7) is 1.68. The number of aryl methyl sites for hydroxylation is 1. The molecule has 2 aromatic heterocycles. The van der Waals surface area contributed by atoms with Crippen molar-refractivity contribution in [2.45, 2.75) is 11.8 Å². The Kier molecular flexibility index (Phi) is 2.90. The van der Waals surface area contributed by atoms with E-state index in [1.807, 2.05) is 12.1 Å². The average Bonchev–Trinajstić information content (AvgIpc) is 2.82. The molecule has 3 aromatic rings. The molecule has 0 bridgehead atoms. The van der Waals surface area contributed by atoms with Gasteiger partial charge in [-0.3, -0.25) is 9.71 Å². The predicted octanol–water partition coefficient (Wildman–Crippen LogP) is 2.33. The van der Waals surface area contributed by atoms with Crippen LogP contribution in [-0.2, 0) is 10.0 Å². The van der Waals surface area contributed by atoms with Crippen LogP contribution in [0.2, 0.25) is 0 Å². The number of aromatic nitrogens is 2. The van der Waals surface area contributed by atoms with Crippen molar-refractivity contribution in [3.63, 3.8) is 0 Å². The fourth-order valence-electron chi connectivity index (χ4n) is 1.90. The summed E-state index contributed by atoms with van der Waals surface area (Å²) in [4.78, 5) is 4.24. The number of pyridine rings is 1. The quantitative estimate of drug-likeness (QED) is 0.799. The molecular formula is C13H11N3O3S. The van der Waals surface area contributed by atoms with Crippen LogP contribution in [0.3, 0.4) is 0 Å². The molecule has 0 aliphatic rings. The van der Waals surface area contributed by atoms with Crippen LogP contribution in [0, 0.1) is 6.92 Å². The van der Waals surface area contributed by atoms with E-state index in [1.54, 1.807) is 25.3 Å². The highest BCUT2D eigenvalue weighted by Crippen LogP contribution is 2.22. The standard InChI is InChI=1S/C13H11N3O3S/c1-9-8-12(15-19-9)16-20(17,18)11-6-2-4-10-5-3-7-14-13(10)11/h2-8H,1H3,(H,15,16). The second-order valence-electron chi connectivity index (χ2n) is 4.26. The van der Waals surface area contributed by atoms with Crippen molar-refractivity contribution in [2.24, 2.45) is 0 Å². The lowest BCUT2D eigenvalue weighted by Gasteiger charge is -2.07. The third kappa shape index (κ3) is 2.23. The molecule has 6 nitrogen and oxygen atoms in total. The lowest BCUT2D eigenvalue weighted by molar-refractivity contribution is 0.400. The van der Waals surface area contributed by atoms with Gasteiger partial charge in [-0.15, -0.1) is 0 Å². The van der Waals surface area contributed by atoms with Crippen LogP contribution < -0.4 is 4.72 Å². The normalized spacial score (nSPS) is 11.7. The molecular weight excluding hydrogens is 278 g/mol. The topological polar surface area (TPSA) is 85.1 Å². The summed E-state index contributed by atoms with van der Waals surface area (Å²) in [5.74, 6) is 0.675. The monoisotopic (exact) mass is 289 g/mol. The number of hydrogen-bond acceptors (Lipinski definition) is 5. The maximum absolute atomic E-state index is 12.4. The number of rotatable bonds is 3. The molecule has 0 aliphatic heterocycles. The number of hydrogen-bond donors (Lipinski definition) is 1. The summed E-state index contributed by atoms with van der Waals surface area (Å²) >= 11 is 0. The Morgan fingerprint density at radius 2 is 2.00 bits per heavy atom. The van der Waals surface area contributed by atoms with E-state index in [4.69, 9.17) is 4.52 Å². The first kappa shape index (κ1) is 12.6. The Labute approximate surface area is 115 Å². The highest BCUT2D eigenvalue weighted by Gasteiger charge is 2.19. The zero-order valence-electron chi connectivity index (χ0n) is 10.6. The second kappa shape index (κ2) is 4.61. The van der Waals surface area contributed by atoms with Gasteiger partial charge in [0.2, 0.25) is 0 Å². The minimum atomic E-state index is -3.76. The first-order valence-electron chi connectivity index (χ1n) is 5.86. The average molecular weight is 289 g/mol. The van der Waals surface area contributed by atoms with E-state index in [0.29, 0.717) is 11.3 Å². The molecule has 0 spiro atoms. The fraction of sp³-hybridized carbons (Fsp3) is 0.0769. The summed E-state index contributed by atoms with van der Waals surface area (Å²) < 4.78 is 32.0. The zero-order chi connectivity index (χ0) is 14.2. The number of fused-ring (bicyclic) bond motifs is 1. The Hall–Kier alpha value is -2.41. The number of anilines is 1. The Morgan fingerprint density at radius 1 is 1.20 bits per heavy atom. The van der Waals surface area contributed by atoms with Gasteiger partial charge in [-0.1, -0.05) is 23.4 Å². The van der Waals surface area contributed by atoms with Crippen LogP contribution in [0.5, 0.6) is 0 Å². The van der Waals surface area contributed by atoms with E-state index in [2.05, 4.69) is 14.9 Å². The summed E-state index contributed by atoms with van der Waals surface area (Å²) in [6, 6.07) is 10.1. The summed E-state index contributed by atoms with van der Waals surface area (Å²) in [7, 11) is -3.76. The van der Waals surface area contributed by atoms with E-state index in [9.17, 15) is 8.42 Å². The van der Waals surface area contributed by atoms with Gasteiger partial charge >= 0.3 is 0 Å². The molecule has 1 N–H and O–H groups in total. The Balaban J connectivity index is 2.09. The van der Waals surface area contributed by atoms with Crippen LogP contribution in [-0.4, -0.2) is 18.6 Å². The number of nitrogens with zero attached hydrogens (tertiary/aromatic N) is 2. The smallest absolute Gasteiger partial charge is 0.265 e. The Morgan fingerprint density at radius 3 is 2.75 bits per heavy atom. The third-order valence-corrected chi connectivity index (χ3v) is 4.14. The van der Waals surface area contributed by atoms with E-state index in [1.165, 1.54) is 12.1 Å². The fourth-order valence-corrected chi connectivity index (χ4v) is 3.06. The van der Waals surface area contributed by atoms with Gasteiger partial charge in [0.15, 0.2) is 5.82 Å². The lowest BCUT2D eigenvalue weighted by atomic mass is 10.2. The van der Waals surface area contributed by atoms with Crippen molar-refractivity contribution in [3.05, 3.63) is 48.4 Å². The third-order valence-electron chi connectivity index (χ3n) is 2.75. The maximum Gasteiger partial charge on any atom is 0.265 e.